The summed E-state index contributed by atoms with van der Waals surface area (Å²) in [6.07, 6.45) is 4.24. The van der Waals surface area contributed by atoms with Crippen molar-refractivity contribution in [3.63, 3.8) is 0 Å². The van der Waals surface area contributed by atoms with Crippen molar-refractivity contribution in [3.8, 4) is 0 Å². The van der Waals surface area contributed by atoms with Crippen molar-refractivity contribution in [3.05, 3.63) is 48.0 Å². The smallest absolute Gasteiger partial charge is 0.337 e. The number of nitrogens with zero attached hydrogens (tertiary/aromatic N) is 2. The van der Waals surface area contributed by atoms with Crippen molar-refractivity contribution in [2.45, 2.75) is 13.0 Å². The number of aromatic nitrogens is 2. The third-order valence-electron chi connectivity index (χ3n) is 2.67. The van der Waals surface area contributed by atoms with Crippen LogP contribution < -0.4 is 5.32 Å². The molecule has 1 aromatic carbocycles. The minimum absolute atomic E-state index is 0.0375. The number of carbonyl (C=O) groups is 1. The number of halogens is 1. The molecule has 0 saturated heterocycles. The van der Waals surface area contributed by atoms with Crippen LogP contribution in [0.2, 0.25) is 0 Å². The molecule has 0 aliphatic rings. The van der Waals surface area contributed by atoms with Gasteiger partial charge in [0.2, 0.25) is 0 Å². The van der Waals surface area contributed by atoms with Crippen LogP contribution in [0, 0.1) is 5.82 Å². The van der Waals surface area contributed by atoms with Crippen molar-refractivity contribution < 1.29 is 14.3 Å². The number of rotatable bonds is 6. The fraction of sp³-hybridized carbons (Fsp3) is 0.231. The predicted octanol–water partition coefficient (Wildman–Crippen LogP) is 2.22. The summed E-state index contributed by atoms with van der Waals surface area (Å²) in [5, 5.41) is 15.8. The van der Waals surface area contributed by atoms with E-state index in [1.165, 1.54) is 18.2 Å². The first-order valence-electron chi connectivity index (χ1n) is 5.91. The van der Waals surface area contributed by atoms with Gasteiger partial charge in [-0.2, -0.15) is 5.10 Å². The van der Waals surface area contributed by atoms with Crippen LogP contribution in [0.5, 0.6) is 0 Å². The molecule has 0 bridgehead atoms. The average molecular weight is 263 g/mol. The standard InChI is InChI=1S/C13H14FN3O2/c14-11-5-1-4-10(13(18)19)12(11)15-6-2-8-17-9-3-7-16-17/h1,3-5,7,9,15H,2,6,8H2,(H,18,19). The fourth-order valence-corrected chi connectivity index (χ4v) is 1.77. The number of aromatic carboxylic acids is 1. The van der Waals surface area contributed by atoms with Crippen LogP contribution in [-0.4, -0.2) is 27.4 Å². The van der Waals surface area contributed by atoms with Crippen molar-refractivity contribution >= 4 is 11.7 Å². The van der Waals surface area contributed by atoms with E-state index in [2.05, 4.69) is 10.4 Å². The first kappa shape index (κ1) is 13.1. The minimum atomic E-state index is -1.14. The Kier molecular flexibility index (Phi) is 4.12. The highest BCUT2D eigenvalue weighted by Gasteiger charge is 2.13. The summed E-state index contributed by atoms with van der Waals surface area (Å²) >= 11 is 0. The largest absolute Gasteiger partial charge is 0.478 e. The van der Waals surface area contributed by atoms with Gasteiger partial charge in [-0.25, -0.2) is 9.18 Å². The molecule has 2 N–H and O–H groups in total. The van der Waals surface area contributed by atoms with Gasteiger partial charge in [0.05, 0.1) is 11.3 Å². The Balaban J connectivity index is 1.93. The third-order valence-corrected chi connectivity index (χ3v) is 2.67. The lowest BCUT2D eigenvalue weighted by molar-refractivity contribution is 0.0697. The highest BCUT2D eigenvalue weighted by Crippen LogP contribution is 2.19. The number of benzene rings is 1. The predicted molar refractivity (Wildman–Crippen MR) is 68.7 cm³/mol. The summed E-state index contributed by atoms with van der Waals surface area (Å²) in [6, 6.07) is 5.82. The van der Waals surface area contributed by atoms with Gasteiger partial charge in [0.25, 0.3) is 0 Å². The van der Waals surface area contributed by atoms with E-state index >= 15 is 0 Å². The topological polar surface area (TPSA) is 67.2 Å². The molecule has 19 heavy (non-hydrogen) atoms. The zero-order valence-corrected chi connectivity index (χ0v) is 10.2. The van der Waals surface area contributed by atoms with Crippen molar-refractivity contribution in [2.24, 2.45) is 0 Å². The number of carboxylic acids is 1. The second kappa shape index (κ2) is 5.99. The van der Waals surface area contributed by atoms with Gasteiger partial charge < -0.3 is 10.4 Å². The Bertz CT molecular complexity index is 555. The highest BCUT2D eigenvalue weighted by atomic mass is 19.1. The molecule has 0 spiro atoms. The minimum Gasteiger partial charge on any atom is -0.478 e. The molecule has 6 heteroatoms. The van der Waals surface area contributed by atoms with E-state index in [4.69, 9.17) is 5.11 Å². The van der Waals surface area contributed by atoms with E-state index in [9.17, 15) is 9.18 Å². The van der Waals surface area contributed by atoms with Crippen LogP contribution in [0.15, 0.2) is 36.7 Å². The lowest BCUT2D eigenvalue weighted by atomic mass is 10.1. The maximum atomic E-state index is 13.6. The first-order chi connectivity index (χ1) is 9.18. The Morgan fingerprint density at radius 1 is 1.42 bits per heavy atom. The molecule has 1 heterocycles. The number of nitrogens with one attached hydrogen (secondary N) is 1. The summed E-state index contributed by atoms with van der Waals surface area (Å²) in [5.41, 5.74) is -0.0189. The van der Waals surface area contributed by atoms with Gasteiger partial charge in [0.15, 0.2) is 0 Å². The Hall–Kier alpha value is -2.37. The zero-order valence-electron chi connectivity index (χ0n) is 10.2. The third kappa shape index (κ3) is 3.31. The SMILES string of the molecule is O=C(O)c1cccc(F)c1NCCCn1cccn1. The Morgan fingerprint density at radius 2 is 2.26 bits per heavy atom. The number of anilines is 1. The molecule has 0 fully saturated rings. The van der Waals surface area contributed by atoms with Crippen LogP contribution in [0.1, 0.15) is 16.8 Å². The number of para-hydroxylation sites is 1. The Labute approximate surface area is 109 Å². The molecule has 2 rings (SSSR count). The molecule has 0 atom stereocenters. The van der Waals surface area contributed by atoms with Crippen LogP contribution in [-0.2, 0) is 6.54 Å². The van der Waals surface area contributed by atoms with Crippen molar-refractivity contribution in [1.29, 1.82) is 0 Å². The van der Waals surface area contributed by atoms with E-state index in [1.54, 1.807) is 10.9 Å². The van der Waals surface area contributed by atoms with Gasteiger partial charge >= 0.3 is 5.97 Å². The van der Waals surface area contributed by atoms with Gasteiger partial charge in [-0.05, 0) is 24.6 Å². The van der Waals surface area contributed by atoms with Gasteiger partial charge in [0, 0.05) is 25.5 Å². The summed E-state index contributed by atoms with van der Waals surface area (Å²) in [5.74, 6) is -1.70. The van der Waals surface area contributed by atoms with Gasteiger partial charge in [-0.15, -0.1) is 0 Å². The van der Waals surface area contributed by atoms with E-state index in [1.807, 2.05) is 12.3 Å². The van der Waals surface area contributed by atoms with Gasteiger partial charge in [0.1, 0.15) is 5.82 Å². The van der Waals surface area contributed by atoms with Crippen molar-refractivity contribution in [2.75, 3.05) is 11.9 Å². The lowest BCUT2D eigenvalue weighted by Crippen LogP contribution is -2.11. The highest BCUT2D eigenvalue weighted by molar-refractivity contribution is 5.94. The normalized spacial score (nSPS) is 10.4. The average Bonchev–Trinajstić information content (AvgIpc) is 2.88. The summed E-state index contributed by atoms with van der Waals surface area (Å²) < 4.78 is 15.3. The molecule has 0 amide bonds. The van der Waals surface area contributed by atoms with E-state index in [0.717, 1.165) is 6.42 Å². The second-order valence-corrected chi connectivity index (χ2v) is 4.02. The fourth-order valence-electron chi connectivity index (χ4n) is 1.77. The molecule has 0 unspecified atom stereocenters. The molecule has 2 aromatic rings. The summed E-state index contributed by atoms with van der Waals surface area (Å²) in [4.78, 5) is 11.0. The monoisotopic (exact) mass is 263 g/mol. The molecular formula is C13H14FN3O2. The quantitative estimate of drug-likeness (QED) is 0.784. The molecule has 1 aromatic heterocycles. The number of hydrogen-bond acceptors (Lipinski definition) is 3. The lowest BCUT2D eigenvalue weighted by Gasteiger charge is -2.10. The number of aryl methyl sites for hydroxylation is 1. The van der Waals surface area contributed by atoms with Crippen LogP contribution in [0.4, 0.5) is 10.1 Å². The molecule has 100 valence electrons. The van der Waals surface area contributed by atoms with Crippen LogP contribution >= 0.6 is 0 Å². The maximum absolute atomic E-state index is 13.6. The zero-order chi connectivity index (χ0) is 13.7. The number of carboxylic acid groups (broad SMARTS) is 1. The molecule has 5 nitrogen and oxygen atoms in total. The van der Waals surface area contributed by atoms with Crippen LogP contribution in [0.3, 0.4) is 0 Å². The summed E-state index contributed by atoms with van der Waals surface area (Å²) in [6.45, 7) is 1.16. The van der Waals surface area contributed by atoms with E-state index in [-0.39, 0.29) is 11.3 Å². The molecule has 0 radical (unpaired) electrons. The molecule has 0 aliphatic heterocycles. The number of hydrogen-bond donors (Lipinski definition) is 2. The van der Waals surface area contributed by atoms with Crippen LogP contribution in [0.25, 0.3) is 0 Å². The first-order valence-corrected chi connectivity index (χ1v) is 5.91. The van der Waals surface area contributed by atoms with E-state index < -0.39 is 11.8 Å². The molecule has 0 aliphatic carbocycles. The van der Waals surface area contributed by atoms with E-state index in [0.29, 0.717) is 13.1 Å². The second-order valence-electron chi connectivity index (χ2n) is 4.02. The Morgan fingerprint density at radius 3 is 2.95 bits per heavy atom. The molecule has 0 saturated carbocycles. The summed E-state index contributed by atoms with van der Waals surface area (Å²) in [7, 11) is 0. The van der Waals surface area contributed by atoms with Gasteiger partial charge in [-0.1, -0.05) is 6.07 Å². The maximum Gasteiger partial charge on any atom is 0.337 e. The molecular weight excluding hydrogens is 249 g/mol. The van der Waals surface area contributed by atoms with Crippen molar-refractivity contribution in [1.82, 2.24) is 9.78 Å². The van der Waals surface area contributed by atoms with Gasteiger partial charge in [-0.3, -0.25) is 4.68 Å².